The zero-order chi connectivity index (χ0) is 9.26. The van der Waals surface area contributed by atoms with Gasteiger partial charge in [0.25, 0.3) is 0 Å². The van der Waals surface area contributed by atoms with Crippen LogP contribution < -0.4 is 5.32 Å². The molecule has 1 N–H and O–H groups in total. The van der Waals surface area contributed by atoms with Crippen LogP contribution in [0.25, 0.3) is 10.9 Å². The zero-order valence-electron chi connectivity index (χ0n) is 7.21. The molecule has 0 radical (unpaired) electrons. The van der Waals surface area contributed by atoms with Crippen molar-refractivity contribution < 1.29 is 0 Å². The van der Waals surface area contributed by atoms with Crippen LogP contribution in [0.1, 0.15) is 0 Å². The van der Waals surface area contributed by atoms with Gasteiger partial charge >= 0.3 is 0 Å². The van der Waals surface area contributed by atoms with Gasteiger partial charge in [0.15, 0.2) is 0 Å². The highest BCUT2D eigenvalue weighted by Crippen LogP contribution is 2.20. The minimum atomic E-state index is 1.01. The van der Waals surface area contributed by atoms with Crippen molar-refractivity contribution in [3.05, 3.63) is 34.9 Å². The average Bonchev–Trinajstić information content (AvgIpc) is 2.17. The second-order valence-corrected chi connectivity index (χ2v) is 3.73. The van der Waals surface area contributed by atoms with E-state index in [4.69, 9.17) is 0 Å². The molecule has 0 saturated carbocycles. The predicted molar refractivity (Wildman–Crippen MR) is 59.0 cm³/mol. The van der Waals surface area contributed by atoms with Gasteiger partial charge in [0.2, 0.25) is 0 Å². The highest BCUT2D eigenvalue weighted by atomic mass is 79.9. The Morgan fingerprint density at radius 2 is 2.15 bits per heavy atom. The van der Waals surface area contributed by atoms with Crippen molar-refractivity contribution in [1.82, 2.24) is 4.98 Å². The summed E-state index contributed by atoms with van der Waals surface area (Å²) in [6.07, 6.45) is 1.83. The fraction of sp³-hybridized carbons (Fsp3) is 0.100. The smallest absolute Gasteiger partial charge is 0.0714 e. The van der Waals surface area contributed by atoms with Crippen LogP contribution in [0, 0.1) is 0 Å². The van der Waals surface area contributed by atoms with Gasteiger partial charge in [-0.1, -0.05) is 22.0 Å². The Hall–Kier alpha value is -1.09. The minimum absolute atomic E-state index is 1.01. The third-order valence-corrected chi connectivity index (χ3v) is 2.43. The Morgan fingerprint density at radius 1 is 1.31 bits per heavy atom. The van der Waals surface area contributed by atoms with Gasteiger partial charge in [-0.15, -0.1) is 0 Å². The summed E-state index contributed by atoms with van der Waals surface area (Å²) in [6, 6.07) is 8.15. The van der Waals surface area contributed by atoms with E-state index >= 15 is 0 Å². The molecule has 0 aliphatic carbocycles. The normalized spacial score (nSPS) is 10.3. The summed E-state index contributed by atoms with van der Waals surface area (Å²) >= 11 is 3.41. The molecule has 2 nitrogen and oxygen atoms in total. The molecular formula is C10H9BrN2. The number of benzene rings is 1. The third kappa shape index (κ3) is 1.65. The molecule has 0 saturated heterocycles. The molecule has 66 valence electrons. The van der Waals surface area contributed by atoms with Gasteiger partial charge in [0, 0.05) is 16.9 Å². The van der Waals surface area contributed by atoms with Crippen LogP contribution in [0.5, 0.6) is 0 Å². The molecule has 0 aliphatic rings. The predicted octanol–water partition coefficient (Wildman–Crippen LogP) is 3.04. The molecule has 2 aromatic rings. The minimum Gasteiger partial charge on any atom is -0.387 e. The van der Waals surface area contributed by atoms with E-state index in [-0.39, 0.29) is 0 Å². The first kappa shape index (κ1) is 8.51. The summed E-state index contributed by atoms with van der Waals surface area (Å²) in [5, 5.41) is 4.21. The summed E-state index contributed by atoms with van der Waals surface area (Å²) in [5.74, 6) is 0. The highest BCUT2D eigenvalue weighted by molar-refractivity contribution is 9.10. The number of nitrogens with zero attached hydrogens (tertiary/aromatic N) is 1. The fourth-order valence-corrected chi connectivity index (χ4v) is 1.58. The quantitative estimate of drug-likeness (QED) is 0.824. The molecule has 3 heteroatoms. The molecular weight excluding hydrogens is 228 g/mol. The Balaban J connectivity index is 2.66. The van der Waals surface area contributed by atoms with Crippen LogP contribution in [-0.2, 0) is 0 Å². The topological polar surface area (TPSA) is 24.9 Å². The number of anilines is 1. The molecule has 0 spiro atoms. The van der Waals surface area contributed by atoms with Crippen molar-refractivity contribution in [2.45, 2.75) is 0 Å². The number of pyridine rings is 1. The second-order valence-electron chi connectivity index (χ2n) is 2.81. The van der Waals surface area contributed by atoms with E-state index in [1.807, 2.05) is 31.4 Å². The lowest BCUT2D eigenvalue weighted by molar-refractivity contribution is 1.38. The SMILES string of the molecule is CNc1cnc2cc(Br)ccc2c1. The van der Waals surface area contributed by atoms with Crippen LogP contribution in [0.4, 0.5) is 5.69 Å². The van der Waals surface area contributed by atoms with Crippen LogP contribution in [-0.4, -0.2) is 12.0 Å². The third-order valence-electron chi connectivity index (χ3n) is 1.93. The van der Waals surface area contributed by atoms with Crippen LogP contribution in [0.3, 0.4) is 0 Å². The first-order valence-corrected chi connectivity index (χ1v) is 4.82. The maximum atomic E-state index is 4.32. The highest BCUT2D eigenvalue weighted by Gasteiger charge is 1.96. The maximum absolute atomic E-state index is 4.32. The summed E-state index contributed by atoms with van der Waals surface area (Å²) in [6.45, 7) is 0. The van der Waals surface area contributed by atoms with E-state index in [9.17, 15) is 0 Å². The number of rotatable bonds is 1. The van der Waals surface area contributed by atoms with Gasteiger partial charge in [-0.25, -0.2) is 0 Å². The van der Waals surface area contributed by atoms with Crippen LogP contribution in [0.2, 0.25) is 0 Å². The maximum Gasteiger partial charge on any atom is 0.0714 e. The fourth-order valence-electron chi connectivity index (χ4n) is 1.23. The Morgan fingerprint density at radius 3 is 2.92 bits per heavy atom. The van der Waals surface area contributed by atoms with E-state index in [0.717, 1.165) is 21.1 Å². The first-order chi connectivity index (χ1) is 6.29. The zero-order valence-corrected chi connectivity index (χ0v) is 8.80. The number of fused-ring (bicyclic) bond motifs is 1. The molecule has 0 fully saturated rings. The Bertz CT molecular complexity index is 440. The van der Waals surface area contributed by atoms with Crippen molar-refractivity contribution in [3.8, 4) is 0 Å². The summed E-state index contributed by atoms with van der Waals surface area (Å²) in [7, 11) is 1.89. The van der Waals surface area contributed by atoms with E-state index in [0.29, 0.717) is 0 Å². The van der Waals surface area contributed by atoms with Crippen molar-refractivity contribution >= 4 is 32.5 Å². The monoisotopic (exact) mass is 236 g/mol. The number of hydrogen-bond donors (Lipinski definition) is 1. The van der Waals surface area contributed by atoms with Crippen molar-refractivity contribution in [1.29, 1.82) is 0 Å². The first-order valence-electron chi connectivity index (χ1n) is 4.02. The number of aromatic nitrogens is 1. The van der Waals surface area contributed by atoms with Gasteiger partial charge in [-0.2, -0.15) is 0 Å². The van der Waals surface area contributed by atoms with Gasteiger partial charge in [-0.3, -0.25) is 4.98 Å². The molecule has 1 aromatic heterocycles. The van der Waals surface area contributed by atoms with Crippen LogP contribution >= 0.6 is 15.9 Å². The number of nitrogens with one attached hydrogen (secondary N) is 1. The van der Waals surface area contributed by atoms with E-state index in [1.54, 1.807) is 0 Å². The second kappa shape index (κ2) is 3.34. The standard InChI is InChI=1S/C10H9BrN2/c1-12-9-4-7-2-3-8(11)5-10(7)13-6-9/h2-6,12H,1H3. The van der Waals surface area contributed by atoms with Crippen molar-refractivity contribution in [2.75, 3.05) is 12.4 Å². The van der Waals surface area contributed by atoms with Gasteiger partial charge in [0.1, 0.15) is 0 Å². The summed E-state index contributed by atoms with van der Waals surface area (Å²) in [5.41, 5.74) is 2.04. The lowest BCUT2D eigenvalue weighted by Crippen LogP contribution is -1.89. The largest absolute Gasteiger partial charge is 0.387 e. The summed E-state index contributed by atoms with van der Waals surface area (Å²) < 4.78 is 1.06. The Labute approximate surface area is 85.1 Å². The van der Waals surface area contributed by atoms with Gasteiger partial charge < -0.3 is 5.32 Å². The van der Waals surface area contributed by atoms with E-state index in [2.05, 4.69) is 32.3 Å². The molecule has 0 unspecified atom stereocenters. The molecule has 0 atom stereocenters. The van der Waals surface area contributed by atoms with Gasteiger partial charge in [0.05, 0.1) is 17.4 Å². The number of halogens is 1. The lowest BCUT2D eigenvalue weighted by Gasteiger charge is -2.01. The van der Waals surface area contributed by atoms with E-state index < -0.39 is 0 Å². The van der Waals surface area contributed by atoms with Crippen LogP contribution in [0.15, 0.2) is 34.9 Å². The molecule has 0 bridgehead atoms. The van der Waals surface area contributed by atoms with Crippen molar-refractivity contribution in [3.63, 3.8) is 0 Å². The van der Waals surface area contributed by atoms with Gasteiger partial charge in [-0.05, 0) is 18.2 Å². The van der Waals surface area contributed by atoms with E-state index in [1.165, 1.54) is 0 Å². The molecule has 1 aromatic carbocycles. The lowest BCUT2D eigenvalue weighted by atomic mass is 10.2. The molecule has 0 amide bonds. The number of hydrogen-bond acceptors (Lipinski definition) is 2. The molecule has 2 rings (SSSR count). The Kier molecular flexibility index (Phi) is 2.19. The summed E-state index contributed by atoms with van der Waals surface area (Å²) in [4.78, 5) is 4.32. The molecule has 0 aliphatic heterocycles. The molecule has 1 heterocycles. The van der Waals surface area contributed by atoms with Crippen molar-refractivity contribution in [2.24, 2.45) is 0 Å². The molecule has 13 heavy (non-hydrogen) atoms. The average molecular weight is 237 g/mol.